The average Bonchev–Trinajstić information content (AvgIpc) is 2.93. The highest BCUT2D eigenvalue weighted by molar-refractivity contribution is 7.09. The summed E-state index contributed by atoms with van der Waals surface area (Å²) in [5.74, 6) is 0. The first-order valence-electron chi connectivity index (χ1n) is 6.29. The lowest BCUT2D eigenvalue weighted by Crippen LogP contribution is -2.24. The minimum absolute atomic E-state index is 0.0364. The zero-order valence-electron chi connectivity index (χ0n) is 11.0. The molecule has 2 heterocycles. The lowest BCUT2D eigenvalue weighted by Gasteiger charge is -1.99. The van der Waals surface area contributed by atoms with Crippen molar-refractivity contribution in [3.63, 3.8) is 0 Å². The van der Waals surface area contributed by atoms with E-state index in [9.17, 15) is 4.79 Å². The van der Waals surface area contributed by atoms with Crippen LogP contribution in [0.1, 0.15) is 17.6 Å². The Hall–Kier alpha value is -1.88. The van der Waals surface area contributed by atoms with Gasteiger partial charge in [-0.2, -0.15) is 0 Å². The van der Waals surface area contributed by atoms with Gasteiger partial charge in [0.1, 0.15) is 0 Å². The second-order valence-corrected chi connectivity index (χ2v) is 5.52. The molecule has 19 heavy (non-hydrogen) atoms. The quantitative estimate of drug-likeness (QED) is 0.736. The second kappa shape index (κ2) is 4.66. The molecule has 4 nitrogen and oxygen atoms in total. The van der Waals surface area contributed by atoms with Crippen molar-refractivity contribution in [3.8, 4) is 0 Å². The van der Waals surface area contributed by atoms with Crippen molar-refractivity contribution in [2.45, 2.75) is 26.9 Å². The number of aryl methyl sites for hydroxylation is 2. The van der Waals surface area contributed by atoms with Crippen molar-refractivity contribution in [3.05, 3.63) is 50.8 Å². The molecule has 2 aromatic heterocycles. The minimum Gasteiger partial charge on any atom is -0.292 e. The third-order valence-corrected chi connectivity index (χ3v) is 4.05. The van der Waals surface area contributed by atoms with Gasteiger partial charge in [0.15, 0.2) is 0 Å². The van der Waals surface area contributed by atoms with Crippen LogP contribution in [0, 0.1) is 6.92 Å². The Bertz CT molecular complexity index is 781. The Morgan fingerprint density at radius 2 is 1.89 bits per heavy atom. The molecule has 0 aliphatic carbocycles. The van der Waals surface area contributed by atoms with Crippen LogP contribution in [0.5, 0.6) is 0 Å². The fourth-order valence-corrected chi connectivity index (χ4v) is 2.98. The smallest absolute Gasteiger partial charge is 0.292 e. The van der Waals surface area contributed by atoms with E-state index in [0.29, 0.717) is 13.1 Å². The SMILES string of the molecule is CCn1c(=O)n(Cc2csc(C)n2)c2ccccc21. The van der Waals surface area contributed by atoms with Crippen LogP contribution in [0.15, 0.2) is 34.4 Å². The van der Waals surface area contributed by atoms with Gasteiger partial charge in [-0.3, -0.25) is 9.13 Å². The van der Waals surface area contributed by atoms with E-state index in [4.69, 9.17) is 0 Å². The van der Waals surface area contributed by atoms with E-state index in [2.05, 4.69) is 4.98 Å². The van der Waals surface area contributed by atoms with Crippen LogP contribution in [0.2, 0.25) is 0 Å². The van der Waals surface area contributed by atoms with Gasteiger partial charge in [0.2, 0.25) is 0 Å². The standard InChI is InChI=1S/C14H15N3OS/c1-3-16-12-6-4-5-7-13(12)17(14(16)18)8-11-9-19-10(2)15-11/h4-7,9H,3,8H2,1-2H3. The normalized spacial score (nSPS) is 11.3. The summed E-state index contributed by atoms with van der Waals surface area (Å²) in [5, 5.41) is 3.04. The molecule has 0 aliphatic heterocycles. The van der Waals surface area contributed by atoms with Crippen LogP contribution in [-0.2, 0) is 13.1 Å². The molecule has 3 rings (SSSR count). The number of rotatable bonds is 3. The lowest BCUT2D eigenvalue weighted by atomic mass is 10.3. The van der Waals surface area contributed by atoms with Crippen LogP contribution in [0.4, 0.5) is 0 Å². The highest BCUT2D eigenvalue weighted by atomic mass is 32.1. The maximum atomic E-state index is 12.4. The van der Waals surface area contributed by atoms with Gasteiger partial charge in [-0.05, 0) is 26.0 Å². The van der Waals surface area contributed by atoms with Gasteiger partial charge in [-0.25, -0.2) is 9.78 Å². The van der Waals surface area contributed by atoms with E-state index in [0.717, 1.165) is 21.7 Å². The summed E-state index contributed by atoms with van der Waals surface area (Å²) >= 11 is 1.61. The highest BCUT2D eigenvalue weighted by Crippen LogP contribution is 2.15. The summed E-state index contributed by atoms with van der Waals surface area (Å²) < 4.78 is 3.60. The maximum absolute atomic E-state index is 12.4. The summed E-state index contributed by atoms with van der Waals surface area (Å²) in [6.07, 6.45) is 0. The first-order chi connectivity index (χ1) is 9.20. The van der Waals surface area contributed by atoms with E-state index < -0.39 is 0 Å². The molecule has 0 atom stereocenters. The van der Waals surface area contributed by atoms with Crippen molar-refractivity contribution in [1.29, 1.82) is 0 Å². The molecule has 0 spiro atoms. The number of thiazole rings is 1. The Kier molecular flexibility index (Phi) is 2.98. The number of nitrogens with zero attached hydrogens (tertiary/aromatic N) is 3. The van der Waals surface area contributed by atoms with Crippen molar-refractivity contribution in [2.24, 2.45) is 0 Å². The summed E-state index contributed by atoms with van der Waals surface area (Å²) in [5.41, 5.74) is 2.94. The van der Waals surface area contributed by atoms with Gasteiger partial charge >= 0.3 is 5.69 Å². The molecular weight excluding hydrogens is 258 g/mol. The van der Waals surface area contributed by atoms with Crippen molar-refractivity contribution < 1.29 is 0 Å². The summed E-state index contributed by atoms with van der Waals surface area (Å²) in [7, 11) is 0. The molecule has 0 aliphatic rings. The van der Waals surface area contributed by atoms with E-state index >= 15 is 0 Å². The van der Waals surface area contributed by atoms with Gasteiger partial charge in [-0.15, -0.1) is 11.3 Å². The van der Waals surface area contributed by atoms with Crippen LogP contribution >= 0.6 is 11.3 Å². The molecule has 0 amide bonds. The summed E-state index contributed by atoms with van der Waals surface area (Å²) in [6, 6.07) is 7.90. The maximum Gasteiger partial charge on any atom is 0.329 e. The Labute approximate surface area is 115 Å². The molecule has 5 heteroatoms. The average molecular weight is 273 g/mol. The lowest BCUT2D eigenvalue weighted by molar-refractivity contribution is 0.678. The van der Waals surface area contributed by atoms with Gasteiger partial charge in [0, 0.05) is 11.9 Å². The molecule has 98 valence electrons. The number of benzene rings is 1. The molecule has 3 aromatic rings. The summed E-state index contributed by atoms with van der Waals surface area (Å²) in [4.78, 5) is 16.9. The fourth-order valence-electron chi connectivity index (χ4n) is 2.37. The predicted molar refractivity (Wildman–Crippen MR) is 77.8 cm³/mol. The number of hydrogen-bond acceptors (Lipinski definition) is 3. The fraction of sp³-hybridized carbons (Fsp3) is 0.286. The topological polar surface area (TPSA) is 39.8 Å². The Balaban J connectivity index is 2.18. The van der Waals surface area contributed by atoms with Crippen LogP contribution in [-0.4, -0.2) is 14.1 Å². The molecule has 0 saturated heterocycles. The van der Waals surface area contributed by atoms with E-state index in [1.54, 1.807) is 20.5 Å². The van der Waals surface area contributed by atoms with Gasteiger partial charge in [-0.1, -0.05) is 12.1 Å². The molecule has 0 saturated carbocycles. The molecular formula is C14H15N3OS. The van der Waals surface area contributed by atoms with E-state index in [1.165, 1.54) is 0 Å². The third-order valence-electron chi connectivity index (χ3n) is 3.23. The second-order valence-electron chi connectivity index (χ2n) is 4.46. The highest BCUT2D eigenvalue weighted by Gasteiger charge is 2.12. The molecule has 0 radical (unpaired) electrons. The van der Waals surface area contributed by atoms with Gasteiger partial charge in [0.25, 0.3) is 0 Å². The summed E-state index contributed by atoms with van der Waals surface area (Å²) in [6.45, 7) is 5.19. The molecule has 0 bridgehead atoms. The van der Waals surface area contributed by atoms with E-state index in [-0.39, 0.29) is 5.69 Å². The number of aromatic nitrogens is 3. The molecule has 0 N–H and O–H groups in total. The van der Waals surface area contributed by atoms with E-state index in [1.807, 2.05) is 43.5 Å². The molecule has 1 aromatic carbocycles. The first kappa shape index (κ1) is 12.2. The van der Waals surface area contributed by atoms with Gasteiger partial charge in [0.05, 0.1) is 28.3 Å². The number of fused-ring (bicyclic) bond motifs is 1. The number of imidazole rings is 1. The molecule has 0 fully saturated rings. The third kappa shape index (κ3) is 2.00. The zero-order chi connectivity index (χ0) is 13.4. The van der Waals surface area contributed by atoms with Crippen LogP contribution < -0.4 is 5.69 Å². The largest absolute Gasteiger partial charge is 0.329 e. The van der Waals surface area contributed by atoms with Crippen molar-refractivity contribution in [1.82, 2.24) is 14.1 Å². The number of hydrogen-bond donors (Lipinski definition) is 0. The molecule has 0 unspecified atom stereocenters. The van der Waals surface area contributed by atoms with Crippen molar-refractivity contribution in [2.75, 3.05) is 0 Å². The van der Waals surface area contributed by atoms with Crippen LogP contribution in [0.25, 0.3) is 11.0 Å². The Morgan fingerprint density at radius 1 is 1.21 bits per heavy atom. The number of para-hydroxylation sites is 2. The van der Waals surface area contributed by atoms with Crippen LogP contribution in [0.3, 0.4) is 0 Å². The Morgan fingerprint density at radius 3 is 2.47 bits per heavy atom. The van der Waals surface area contributed by atoms with Crippen molar-refractivity contribution >= 4 is 22.4 Å². The zero-order valence-corrected chi connectivity index (χ0v) is 11.8. The first-order valence-corrected chi connectivity index (χ1v) is 7.17. The van der Waals surface area contributed by atoms with Gasteiger partial charge < -0.3 is 0 Å². The predicted octanol–water partition coefficient (Wildman–Crippen LogP) is 2.64. The minimum atomic E-state index is 0.0364. The monoisotopic (exact) mass is 273 g/mol.